The van der Waals surface area contributed by atoms with Crippen LogP contribution in [0.15, 0.2) is 18.2 Å². The summed E-state index contributed by atoms with van der Waals surface area (Å²) in [6.07, 6.45) is 0. The molecule has 1 rings (SSSR count). The fourth-order valence-corrected chi connectivity index (χ4v) is 1.42. The molecule has 0 N–H and O–H groups in total. The van der Waals surface area contributed by atoms with Crippen molar-refractivity contribution >= 4 is 5.78 Å². The van der Waals surface area contributed by atoms with E-state index in [1.54, 1.807) is 7.11 Å². The predicted molar refractivity (Wildman–Crippen MR) is 56.9 cm³/mol. The topological polar surface area (TPSA) is 26.3 Å². The van der Waals surface area contributed by atoms with Gasteiger partial charge in [-0.2, -0.15) is 0 Å². The Balaban J connectivity index is 3.23. The molecule has 2 heteroatoms. The molecule has 0 aromatic heterocycles. The van der Waals surface area contributed by atoms with Crippen LogP contribution in [0.25, 0.3) is 0 Å². The van der Waals surface area contributed by atoms with E-state index >= 15 is 0 Å². The molecule has 0 heterocycles. The Kier molecular flexibility index (Phi) is 3.28. The lowest BCUT2D eigenvalue weighted by Crippen LogP contribution is -2.10. The van der Waals surface area contributed by atoms with Crippen LogP contribution in [0, 0.1) is 12.8 Å². The van der Waals surface area contributed by atoms with E-state index in [-0.39, 0.29) is 11.7 Å². The lowest BCUT2D eigenvalue weighted by atomic mass is 9.96. The Hall–Kier alpha value is -1.31. The van der Waals surface area contributed by atoms with Crippen LogP contribution in [-0.2, 0) is 0 Å². The van der Waals surface area contributed by atoms with Crippen LogP contribution in [0.4, 0.5) is 0 Å². The number of Topliss-reactive ketones (excluding diaryl/α,β-unsaturated/α-hetero) is 1. The standard InChI is InChI=1S/C12H16O2/c1-8(2)12(13)11-9(3)6-5-7-10(11)14-4/h5-8H,1-4H3. The number of carbonyl (C=O) groups is 1. The van der Waals surface area contributed by atoms with E-state index in [1.165, 1.54) is 0 Å². The van der Waals surface area contributed by atoms with Gasteiger partial charge in [0, 0.05) is 5.92 Å². The number of hydrogen-bond donors (Lipinski definition) is 0. The molecule has 76 valence electrons. The molecule has 2 nitrogen and oxygen atoms in total. The Morgan fingerprint density at radius 2 is 2.00 bits per heavy atom. The number of rotatable bonds is 3. The maximum absolute atomic E-state index is 11.9. The Morgan fingerprint density at radius 3 is 2.50 bits per heavy atom. The van der Waals surface area contributed by atoms with E-state index in [9.17, 15) is 4.79 Å². The molecule has 0 unspecified atom stereocenters. The van der Waals surface area contributed by atoms with E-state index < -0.39 is 0 Å². The van der Waals surface area contributed by atoms with Crippen LogP contribution in [0.1, 0.15) is 29.8 Å². The highest BCUT2D eigenvalue weighted by molar-refractivity contribution is 6.01. The van der Waals surface area contributed by atoms with Gasteiger partial charge in [0.15, 0.2) is 5.78 Å². The van der Waals surface area contributed by atoms with E-state index in [0.717, 1.165) is 5.56 Å². The summed E-state index contributed by atoms with van der Waals surface area (Å²) >= 11 is 0. The lowest BCUT2D eigenvalue weighted by Gasteiger charge is -2.12. The van der Waals surface area contributed by atoms with Gasteiger partial charge in [-0.3, -0.25) is 4.79 Å². The van der Waals surface area contributed by atoms with E-state index in [4.69, 9.17) is 4.74 Å². The maximum atomic E-state index is 11.9. The minimum atomic E-state index is 0.00463. The quantitative estimate of drug-likeness (QED) is 0.688. The summed E-state index contributed by atoms with van der Waals surface area (Å²) in [5.41, 5.74) is 1.69. The molecular formula is C12H16O2. The van der Waals surface area contributed by atoms with Crippen molar-refractivity contribution in [3.63, 3.8) is 0 Å². The molecule has 0 radical (unpaired) electrons. The SMILES string of the molecule is COc1cccc(C)c1C(=O)C(C)C. The molecule has 0 bridgehead atoms. The van der Waals surface area contributed by atoms with Crippen molar-refractivity contribution in [2.75, 3.05) is 7.11 Å². The average molecular weight is 192 g/mol. The molecule has 1 aromatic rings. The first-order chi connectivity index (χ1) is 6.57. The van der Waals surface area contributed by atoms with Gasteiger partial charge < -0.3 is 4.74 Å². The summed E-state index contributed by atoms with van der Waals surface area (Å²) in [5, 5.41) is 0. The second-order valence-corrected chi connectivity index (χ2v) is 3.67. The molecule has 0 spiro atoms. The van der Waals surface area contributed by atoms with Crippen LogP contribution < -0.4 is 4.74 Å². The monoisotopic (exact) mass is 192 g/mol. The zero-order chi connectivity index (χ0) is 10.7. The maximum Gasteiger partial charge on any atom is 0.169 e. The van der Waals surface area contributed by atoms with Gasteiger partial charge in [-0.05, 0) is 18.6 Å². The highest BCUT2D eigenvalue weighted by Gasteiger charge is 2.17. The Labute approximate surface area is 84.9 Å². The third-order valence-electron chi connectivity index (χ3n) is 2.23. The lowest BCUT2D eigenvalue weighted by molar-refractivity contribution is 0.0935. The molecule has 1 aromatic carbocycles. The van der Waals surface area contributed by atoms with Crippen molar-refractivity contribution in [2.24, 2.45) is 5.92 Å². The van der Waals surface area contributed by atoms with Gasteiger partial charge in [0.1, 0.15) is 5.75 Å². The molecule has 0 saturated carbocycles. The molecule has 0 saturated heterocycles. The number of methoxy groups -OCH3 is 1. The zero-order valence-corrected chi connectivity index (χ0v) is 9.13. The van der Waals surface area contributed by atoms with Crippen molar-refractivity contribution in [1.29, 1.82) is 0 Å². The summed E-state index contributed by atoms with van der Waals surface area (Å²) < 4.78 is 5.18. The van der Waals surface area contributed by atoms with E-state index in [2.05, 4.69) is 0 Å². The van der Waals surface area contributed by atoms with Crippen molar-refractivity contribution in [1.82, 2.24) is 0 Å². The number of hydrogen-bond acceptors (Lipinski definition) is 2. The molecule has 14 heavy (non-hydrogen) atoms. The average Bonchev–Trinajstić information content (AvgIpc) is 2.16. The van der Waals surface area contributed by atoms with Crippen molar-refractivity contribution in [2.45, 2.75) is 20.8 Å². The molecule has 0 aliphatic heterocycles. The highest BCUT2D eigenvalue weighted by Crippen LogP contribution is 2.24. The van der Waals surface area contributed by atoms with Crippen LogP contribution in [-0.4, -0.2) is 12.9 Å². The van der Waals surface area contributed by atoms with E-state index in [1.807, 2.05) is 39.0 Å². The molecular weight excluding hydrogens is 176 g/mol. The Bertz CT molecular complexity index is 340. The normalized spacial score (nSPS) is 10.4. The fourth-order valence-electron chi connectivity index (χ4n) is 1.42. The van der Waals surface area contributed by atoms with Crippen LogP contribution in [0.5, 0.6) is 5.75 Å². The second-order valence-electron chi connectivity index (χ2n) is 3.67. The number of benzene rings is 1. The first-order valence-electron chi connectivity index (χ1n) is 4.75. The first-order valence-corrected chi connectivity index (χ1v) is 4.75. The minimum Gasteiger partial charge on any atom is -0.496 e. The predicted octanol–water partition coefficient (Wildman–Crippen LogP) is 2.84. The highest BCUT2D eigenvalue weighted by atomic mass is 16.5. The molecule has 0 fully saturated rings. The van der Waals surface area contributed by atoms with Gasteiger partial charge in [-0.15, -0.1) is 0 Å². The summed E-state index contributed by atoms with van der Waals surface area (Å²) in [6, 6.07) is 5.64. The third-order valence-corrected chi connectivity index (χ3v) is 2.23. The number of carbonyl (C=O) groups excluding carboxylic acids is 1. The summed E-state index contributed by atoms with van der Waals surface area (Å²) in [4.78, 5) is 11.9. The van der Waals surface area contributed by atoms with Gasteiger partial charge in [-0.25, -0.2) is 0 Å². The first kappa shape index (κ1) is 10.8. The van der Waals surface area contributed by atoms with E-state index in [0.29, 0.717) is 11.3 Å². The number of ketones is 1. The second kappa shape index (κ2) is 4.27. The third kappa shape index (κ3) is 1.95. The smallest absolute Gasteiger partial charge is 0.169 e. The zero-order valence-electron chi connectivity index (χ0n) is 9.13. The van der Waals surface area contributed by atoms with Crippen molar-refractivity contribution in [3.05, 3.63) is 29.3 Å². The molecule has 0 aliphatic rings. The Morgan fingerprint density at radius 1 is 1.36 bits per heavy atom. The van der Waals surface area contributed by atoms with Crippen LogP contribution >= 0.6 is 0 Å². The largest absolute Gasteiger partial charge is 0.496 e. The van der Waals surface area contributed by atoms with Crippen molar-refractivity contribution < 1.29 is 9.53 Å². The van der Waals surface area contributed by atoms with Gasteiger partial charge in [-0.1, -0.05) is 26.0 Å². The number of aryl methyl sites for hydroxylation is 1. The number of ether oxygens (including phenoxy) is 1. The summed E-state index contributed by atoms with van der Waals surface area (Å²) in [7, 11) is 1.59. The van der Waals surface area contributed by atoms with Gasteiger partial charge in [0.2, 0.25) is 0 Å². The molecule has 0 atom stereocenters. The van der Waals surface area contributed by atoms with Gasteiger partial charge in [0.25, 0.3) is 0 Å². The summed E-state index contributed by atoms with van der Waals surface area (Å²) in [6.45, 7) is 5.72. The van der Waals surface area contributed by atoms with Crippen molar-refractivity contribution in [3.8, 4) is 5.75 Å². The van der Waals surface area contributed by atoms with Crippen LogP contribution in [0.3, 0.4) is 0 Å². The van der Waals surface area contributed by atoms with Gasteiger partial charge in [0.05, 0.1) is 12.7 Å². The summed E-state index contributed by atoms with van der Waals surface area (Å²) in [5.74, 6) is 0.814. The van der Waals surface area contributed by atoms with Gasteiger partial charge >= 0.3 is 0 Å². The molecule has 0 aliphatic carbocycles. The minimum absolute atomic E-state index is 0.00463. The van der Waals surface area contributed by atoms with Crippen LogP contribution in [0.2, 0.25) is 0 Å². The fraction of sp³-hybridized carbons (Fsp3) is 0.417. The molecule has 0 amide bonds.